The zero-order valence-corrected chi connectivity index (χ0v) is 31.2. The number of piperidine rings is 3. The van der Waals surface area contributed by atoms with Gasteiger partial charge in [-0.1, -0.05) is 27.7 Å². The van der Waals surface area contributed by atoms with E-state index < -0.39 is 18.0 Å². The van der Waals surface area contributed by atoms with Crippen LogP contribution >= 0.6 is 11.3 Å². The summed E-state index contributed by atoms with van der Waals surface area (Å²) in [6.07, 6.45) is 7.56. The van der Waals surface area contributed by atoms with Gasteiger partial charge in [-0.15, -0.1) is 11.3 Å². The van der Waals surface area contributed by atoms with Crippen LogP contribution in [0.25, 0.3) is 0 Å². The van der Waals surface area contributed by atoms with E-state index in [1.54, 1.807) is 35.8 Å². The first kappa shape index (κ1) is 38.0. The van der Waals surface area contributed by atoms with Crippen molar-refractivity contribution in [1.82, 2.24) is 30.1 Å². The molecule has 5 atom stereocenters. The minimum atomic E-state index is -0.761. The molecule has 0 radical (unpaired) electrons. The van der Waals surface area contributed by atoms with E-state index in [2.05, 4.69) is 39.0 Å². The number of fused-ring (bicyclic) bond motifs is 3. The molecule has 12 nitrogen and oxygen atoms in total. The van der Waals surface area contributed by atoms with Gasteiger partial charge >= 0.3 is 5.97 Å². The molecule has 1 N–H and O–H groups in total. The fourth-order valence-electron chi connectivity index (χ4n) is 7.73. The van der Waals surface area contributed by atoms with Crippen molar-refractivity contribution >= 4 is 34.9 Å². The lowest BCUT2D eigenvalue weighted by molar-refractivity contribution is -0.154. The Morgan fingerprint density at radius 3 is 2.34 bits per heavy atom. The highest BCUT2D eigenvalue weighted by atomic mass is 32.1. The van der Waals surface area contributed by atoms with Gasteiger partial charge in [0.15, 0.2) is 11.9 Å². The van der Waals surface area contributed by atoms with Crippen LogP contribution < -0.4 is 5.32 Å². The fourth-order valence-corrected chi connectivity index (χ4v) is 8.57. The van der Waals surface area contributed by atoms with Crippen molar-refractivity contribution in [3.63, 3.8) is 0 Å². The maximum atomic E-state index is 14.3. The van der Waals surface area contributed by atoms with E-state index in [4.69, 9.17) is 9.47 Å². The highest BCUT2D eigenvalue weighted by Gasteiger charge is 2.43. The second kappa shape index (κ2) is 17.3. The van der Waals surface area contributed by atoms with Gasteiger partial charge in [0.05, 0.1) is 25.2 Å². The Morgan fingerprint density at radius 1 is 1.08 bits per heavy atom. The van der Waals surface area contributed by atoms with Crippen molar-refractivity contribution < 1.29 is 28.7 Å². The molecule has 0 aliphatic carbocycles. The zero-order valence-electron chi connectivity index (χ0n) is 30.4. The van der Waals surface area contributed by atoms with Gasteiger partial charge in [-0.3, -0.25) is 24.1 Å². The van der Waals surface area contributed by atoms with E-state index in [0.29, 0.717) is 48.7 Å². The van der Waals surface area contributed by atoms with Crippen molar-refractivity contribution in [2.24, 2.45) is 29.6 Å². The Morgan fingerprint density at radius 2 is 1.78 bits per heavy atom. The minimum Gasteiger partial charge on any atom is -0.455 e. The van der Waals surface area contributed by atoms with Crippen molar-refractivity contribution in [3.8, 4) is 0 Å². The number of thiazole rings is 1. The summed E-state index contributed by atoms with van der Waals surface area (Å²) in [4.78, 5) is 71.0. The molecule has 4 aliphatic rings. The number of carbonyl (C=O) groups is 4. The van der Waals surface area contributed by atoms with Gasteiger partial charge < -0.3 is 19.7 Å². The van der Waals surface area contributed by atoms with E-state index in [9.17, 15) is 19.2 Å². The van der Waals surface area contributed by atoms with E-state index >= 15 is 0 Å². The number of ether oxygens (including phenoxy) is 2. The second-order valence-corrected chi connectivity index (χ2v) is 16.0. The number of rotatable bonds is 17. The number of hydrogen-bond acceptors (Lipinski definition) is 11. The number of esters is 1. The maximum Gasteiger partial charge on any atom is 0.303 e. The Hall–Kier alpha value is -3.29. The molecule has 274 valence electrons. The first-order valence-corrected chi connectivity index (χ1v) is 19.1. The molecule has 6 heterocycles. The van der Waals surface area contributed by atoms with Crippen molar-refractivity contribution in [2.75, 3.05) is 33.4 Å². The Labute approximate surface area is 300 Å². The SMILES string of the molecule is CC(=O)O[C@H](C[C@H](C(C)C)N(C)C(=O)[C@@H](CC(=O)[C@H]1CC2CCN1CC2)C1COC1)c1nc(C(=O)N[C@@H](Cc2ncccn2)CC(C)C)cs1. The number of nitrogens with one attached hydrogen (secondary N) is 1. The van der Waals surface area contributed by atoms with Crippen LogP contribution in [0.15, 0.2) is 23.8 Å². The van der Waals surface area contributed by atoms with Crippen molar-refractivity contribution in [3.05, 3.63) is 40.4 Å². The zero-order chi connectivity index (χ0) is 35.9. The maximum absolute atomic E-state index is 14.3. The molecule has 0 saturated carbocycles. The van der Waals surface area contributed by atoms with Crippen LogP contribution in [0.2, 0.25) is 0 Å². The average Bonchev–Trinajstić information content (AvgIpc) is 3.56. The lowest BCUT2D eigenvalue weighted by atomic mass is 9.78. The van der Waals surface area contributed by atoms with Crippen molar-refractivity contribution in [1.29, 1.82) is 0 Å². The number of Topliss-reactive ketones (excluding diaryl/α,β-unsaturated/α-hetero) is 1. The molecular weight excluding hydrogens is 657 g/mol. The molecule has 2 aromatic rings. The van der Waals surface area contributed by atoms with Crippen LogP contribution in [-0.2, 0) is 30.3 Å². The normalized spacial score (nSPS) is 22.8. The molecule has 0 aromatic carbocycles. The topological polar surface area (TPSA) is 144 Å². The van der Waals surface area contributed by atoms with Crippen LogP contribution in [0, 0.1) is 29.6 Å². The number of amides is 2. The van der Waals surface area contributed by atoms with E-state index in [0.717, 1.165) is 38.8 Å². The quantitative estimate of drug-likeness (QED) is 0.233. The first-order valence-electron chi connectivity index (χ1n) is 18.2. The van der Waals surface area contributed by atoms with Crippen LogP contribution in [0.5, 0.6) is 0 Å². The first-order chi connectivity index (χ1) is 23.9. The van der Waals surface area contributed by atoms with Gasteiger partial charge in [0, 0.05) is 69.0 Å². The van der Waals surface area contributed by atoms with Gasteiger partial charge in [0.25, 0.3) is 5.91 Å². The molecule has 2 aromatic heterocycles. The van der Waals surface area contributed by atoms with Gasteiger partial charge in [0.2, 0.25) is 5.91 Å². The van der Waals surface area contributed by atoms with Crippen LogP contribution in [-0.4, -0.2) is 99.8 Å². The lowest BCUT2D eigenvalue weighted by Gasteiger charge is -2.45. The Balaban J connectivity index is 1.28. The Bertz CT molecular complexity index is 1460. The summed E-state index contributed by atoms with van der Waals surface area (Å²) in [5, 5.41) is 5.27. The van der Waals surface area contributed by atoms with Crippen LogP contribution in [0.3, 0.4) is 0 Å². The summed E-state index contributed by atoms with van der Waals surface area (Å²) in [7, 11) is 1.78. The third-order valence-corrected chi connectivity index (χ3v) is 11.5. The molecule has 50 heavy (non-hydrogen) atoms. The third kappa shape index (κ3) is 9.73. The molecule has 4 fully saturated rings. The summed E-state index contributed by atoms with van der Waals surface area (Å²) in [6, 6.07) is 1.16. The summed E-state index contributed by atoms with van der Waals surface area (Å²) in [5.74, 6) is 0.418. The number of carbonyl (C=O) groups excluding carboxylic acids is 4. The largest absolute Gasteiger partial charge is 0.455 e. The summed E-state index contributed by atoms with van der Waals surface area (Å²) in [6.45, 7) is 12.5. The fraction of sp³-hybridized carbons (Fsp3) is 0.703. The standard InChI is InChI=1S/C37H54N6O6S/c1-22(2)14-27(16-34-38-10-7-11-39-34)40-35(46)29-21-50-36(41-29)33(49-24(5)44)18-30(23(3)4)42(6)37(47)28(26-19-48-20-26)17-32(45)31-15-25-8-12-43(31)13-9-25/h7,10-11,21-23,25-28,30-31,33H,8-9,12-20H2,1-6H3,(H,40,46)/t27-,28+,30-,31-,33-/m1/s1. The van der Waals surface area contributed by atoms with Gasteiger partial charge in [-0.05, 0) is 62.6 Å². The van der Waals surface area contributed by atoms with Crippen LogP contribution in [0.1, 0.15) is 101 Å². The number of hydrogen-bond donors (Lipinski definition) is 1. The molecule has 0 spiro atoms. The number of nitrogens with zero attached hydrogens (tertiary/aromatic N) is 5. The minimum absolute atomic E-state index is 0.00485. The lowest BCUT2D eigenvalue weighted by Crippen LogP contribution is -2.54. The van der Waals surface area contributed by atoms with E-state index in [-0.39, 0.29) is 59.7 Å². The summed E-state index contributed by atoms with van der Waals surface area (Å²) < 4.78 is 11.3. The highest BCUT2D eigenvalue weighted by molar-refractivity contribution is 7.09. The van der Waals surface area contributed by atoms with Gasteiger partial charge in [0.1, 0.15) is 16.5 Å². The molecule has 4 aliphatic heterocycles. The van der Waals surface area contributed by atoms with Gasteiger partial charge in [-0.25, -0.2) is 15.0 Å². The number of ketones is 1. The van der Waals surface area contributed by atoms with Gasteiger partial charge in [-0.2, -0.15) is 0 Å². The van der Waals surface area contributed by atoms with Crippen LogP contribution in [0.4, 0.5) is 0 Å². The molecule has 2 amide bonds. The second-order valence-electron chi connectivity index (χ2n) is 15.1. The third-order valence-electron chi connectivity index (χ3n) is 10.5. The molecule has 2 bridgehead atoms. The Kier molecular flexibility index (Phi) is 13.1. The summed E-state index contributed by atoms with van der Waals surface area (Å²) >= 11 is 1.26. The summed E-state index contributed by atoms with van der Waals surface area (Å²) in [5.41, 5.74) is 0.242. The predicted octanol–water partition coefficient (Wildman–Crippen LogP) is 4.50. The van der Waals surface area contributed by atoms with Crippen molar-refractivity contribution in [2.45, 2.75) is 104 Å². The average molecular weight is 711 g/mol. The van der Waals surface area contributed by atoms with E-state index in [1.165, 1.54) is 18.3 Å². The number of aromatic nitrogens is 3. The van der Waals surface area contributed by atoms with E-state index in [1.807, 2.05) is 13.8 Å². The predicted molar refractivity (Wildman–Crippen MR) is 189 cm³/mol. The molecule has 4 saturated heterocycles. The monoisotopic (exact) mass is 710 g/mol. The molecular formula is C37H54N6O6S. The molecule has 0 unspecified atom stereocenters. The smallest absolute Gasteiger partial charge is 0.303 e. The highest BCUT2D eigenvalue weighted by Crippen LogP contribution is 2.36. The molecule has 13 heteroatoms. The molecule has 6 rings (SSSR count).